The summed E-state index contributed by atoms with van der Waals surface area (Å²) >= 11 is 0. The fourth-order valence-electron chi connectivity index (χ4n) is 1.97. The van der Waals surface area contributed by atoms with Crippen molar-refractivity contribution in [3.63, 3.8) is 0 Å². The first-order chi connectivity index (χ1) is 6.93. The Morgan fingerprint density at radius 2 is 1.86 bits per heavy atom. The van der Waals surface area contributed by atoms with Crippen molar-refractivity contribution in [2.24, 2.45) is 0 Å². The second-order valence-corrected chi connectivity index (χ2v) is 3.66. The minimum absolute atomic E-state index is 1.01. The van der Waals surface area contributed by atoms with E-state index in [9.17, 15) is 0 Å². The summed E-state index contributed by atoms with van der Waals surface area (Å²) in [5, 5.41) is 5.78. The van der Waals surface area contributed by atoms with E-state index in [0.717, 1.165) is 13.0 Å². The highest BCUT2D eigenvalue weighted by molar-refractivity contribution is 5.84. The first kappa shape index (κ1) is 8.01. The van der Waals surface area contributed by atoms with Gasteiger partial charge in [0.2, 0.25) is 0 Å². The Hall–Kier alpha value is -1.34. The standard InChI is InChI=1S/C13H11N/c1-2-4-11-8-13-9-14-6-5-12(13)7-10(11)3-1/h1-4,7-8,14H,5-6H2. The summed E-state index contributed by atoms with van der Waals surface area (Å²) in [6, 6.07) is 13.0. The number of benzene rings is 2. The van der Waals surface area contributed by atoms with E-state index in [2.05, 4.69) is 48.3 Å². The molecule has 0 bridgehead atoms. The SMILES string of the molecule is [C]1NCCc2cc3ccccc3cc21. The van der Waals surface area contributed by atoms with Crippen LogP contribution in [0.3, 0.4) is 0 Å². The van der Waals surface area contributed by atoms with Crippen LogP contribution in [0, 0.1) is 6.54 Å². The normalized spacial score (nSPS) is 15.4. The molecule has 68 valence electrons. The maximum Gasteiger partial charge on any atom is 0.0936 e. The van der Waals surface area contributed by atoms with Crippen molar-refractivity contribution >= 4 is 10.8 Å². The van der Waals surface area contributed by atoms with Crippen LogP contribution in [0.1, 0.15) is 11.1 Å². The summed E-state index contributed by atoms with van der Waals surface area (Å²) in [6.07, 6.45) is 1.10. The molecule has 1 aliphatic rings. The summed E-state index contributed by atoms with van der Waals surface area (Å²) in [4.78, 5) is 0. The van der Waals surface area contributed by atoms with Gasteiger partial charge in [0.25, 0.3) is 0 Å². The lowest BCUT2D eigenvalue weighted by molar-refractivity contribution is 0.754. The van der Waals surface area contributed by atoms with Gasteiger partial charge in [-0.2, -0.15) is 0 Å². The Labute approximate surface area is 83.8 Å². The zero-order chi connectivity index (χ0) is 9.38. The Kier molecular flexibility index (Phi) is 1.78. The van der Waals surface area contributed by atoms with Crippen LogP contribution in [0.4, 0.5) is 0 Å². The second kappa shape index (κ2) is 3.10. The Morgan fingerprint density at radius 3 is 2.71 bits per heavy atom. The fourth-order valence-corrected chi connectivity index (χ4v) is 1.97. The van der Waals surface area contributed by atoms with E-state index in [-0.39, 0.29) is 0 Å². The monoisotopic (exact) mass is 181 g/mol. The van der Waals surface area contributed by atoms with Crippen molar-refractivity contribution < 1.29 is 0 Å². The van der Waals surface area contributed by atoms with Crippen LogP contribution >= 0.6 is 0 Å². The van der Waals surface area contributed by atoms with Gasteiger partial charge in [-0.15, -0.1) is 0 Å². The Balaban J connectivity index is 2.27. The first-order valence-corrected chi connectivity index (χ1v) is 4.94. The summed E-state index contributed by atoms with van der Waals surface area (Å²) in [6.45, 7) is 4.21. The predicted octanol–water partition coefficient (Wildman–Crippen LogP) is 2.37. The molecule has 0 fully saturated rings. The smallest absolute Gasteiger partial charge is 0.0936 e. The molecule has 0 saturated heterocycles. The van der Waals surface area contributed by atoms with Crippen LogP contribution in [-0.2, 0) is 6.42 Å². The topological polar surface area (TPSA) is 12.0 Å². The molecule has 0 amide bonds. The molecule has 14 heavy (non-hydrogen) atoms. The lowest BCUT2D eigenvalue weighted by atomic mass is 9.96. The molecule has 0 unspecified atom stereocenters. The molecule has 1 aliphatic heterocycles. The second-order valence-electron chi connectivity index (χ2n) is 3.66. The highest BCUT2D eigenvalue weighted by Crippen LogP contribution is 2.22. The number of fused-ring (bicyclic) bond motifs is 2. The third-order valence-corrected chi connectivity index (χ3v) is 2.71. The number of rotatable bonds is 0. The van der Waals surface area contributed by atoms with Crippen molar-refractivity contribution in [3.8, 4) is 0 Å². The van der Waals surface area contributed by atoms with Crippen LogP contribution in [-0.4, -0.2) is 6.54 Å². The summed E-state index contributed by atoms with van der Waals surface area (Å²) < 4.78 is 0. The number of hydrogen-bond donors (Lipinski definition) is 1. The van der Waals surface area contributed by atoms with Gasteiger partial charge in [0.15, 0.2) is 0 Å². The van der Waals surface area contributed by atoms with Crippen LogP contribution in [0.15, 0.2) is 36.4 Å². The summed E-state index contributed by atoms with van der Waals surface area (Å²) in [7, 11) is 0. The van der Waals surface area contributed by atoms with E-state index in [1.807, 2.05) is 0 Å². The molecule has 1 heteroatoms. The van der Waals surface area contributed by atoms with E-state index in [1.165, 1.54) is 21.9 Å². The Morgan fingerprint density at radius 1 is 1.07 bits per heavy atom. The highest BCUT2D eigenvalue weighted by atomic mass is 14.9. The molecule has 2 aromatic carbocycles. The van der Waals surface area contributed by atoms with Crippen LogP contribution in [0.5, 0.6) is 0 Å². The maximum absolute atomic E-state index is 3.20. The van der Waals surface area contributed by atoms with Crippen molar-refractivity contribution in [1.29, 1.82) is 0 Å². The van der Waals surface area contributed by atoms with Gasteiger partial charge >= 0.3 is 0 Å². The molecule has 2 radical (unpaired) electrons. The van der Waals surface area contributed by atoms with Crippen LogP contribution in [0.2, 0.25) is 0 Å². The van der Waals surface area contributed by atoms with E-state index in [0.29, 0.717) is 0 Å². The van der Waals surface area contributed by atoms with E-state index in [1.54, 1.807) is 0 Å². The van der Waals surface area contributed by atoms with Gasteiger partial charge in [-0.25, -0.2) is 0 Å². The lowest BCUT2D eigenvalue weighted by Gasteiger charge is -2.16. The Bertz CT molecular complexity index is 429. The third kappa shape index (κ3) is 1.21. The highest BCUT2D eigenvalue weighted by Gasteiger charge is 2.09. The van der Waals surface area contributed by atoms with E-state index < -0.39 is 0 Å². The van der Waals surface area contributed by atoms with E-state index >= 15 is 0 Å². The van der Waals surface area contributed by atoms with Gasteiger partial charge in [0, 0.05) is 6.54 Å². The van der Waals surface area contributed by atoms with Crippen molar-refractivity contribution in [1.82, 2.24) is 5.32 Å². The molecule has 0 aliphatic carbocycles. The first-order valence-electron chi connectivity index (χ1n) is 4.94. The molecular formula is C13H11N. The molecule has 0 saturated carbocycles. The van der Waals surface area contributed by atoms with Crippen LogP contribution < -0.4 is 5.32 Å². The fraction of sp³-hybridized carbons (Fsp3) is 0.154. The van der Waals surface area contributed by atoms with Gasteiger partial charge in [-0.1, -0.05) is 30.3 Å². The average molecular weight is 181 g/mol. The molecule has 3 rings (SSSR count). The molecule has 1 heterocycles. The lowest BCUT2D eigenvalue weighted by Crippen LogP contribution is -2.21. The number of hydrogen-bond acceptors (Lipinski definition) is 1. The largest absolute Gasteiger partial charge is 0.303 e. The van der Waals surface area contributed by atoms with Crippen molar-refractivity contribution in [2.45, 2.75) is 6.42 Å². The molecule has 2 aromatic rings. The minimum Gasteiger partial charge on any atom is -0.303 e. The van der Waals surface area contributed by atoms with Gasteiger partial charge in [-0.3, -0.25) is 0 Å². The maximum atomic E-state index is 3.20. The molecule has 0 atom stereocenters. The van der Waals surface area contributed by atoms with Gasteiger partial charge in [0.1, 0.15) is 0 Å². The predicted molar refractivity (Wildman–Crippen MR) is 58.0 cm³/mol. The van der Waals surface area contributed by atoms with Gasteiger partial charge in [0.05, 0.1) is 6.54 Å². The number of nitrogens with one attached hydrogen (secondary N) is 1. The van der Waals surface area contributed by atoms with Gasteiger partial charge < -0.3 is 5.32 Å². The summed E-state index contributed by atoms with van der Waals surface area (Å²) in [5.74, 6) is 0. The van der Waals surface area contributed by atoms with Crippen molar-refractivity contribution in [3.05, 3.63) is 54.1 Å². The third-order valence-electron chi connectivity index (χ3n) is 2.71. The average Bonchev–Trinajstić information content (AvgIpc) is 2.26. The molecular weight excluding hydrogens is 170 g/mol. The molecule has 1 nitrogen and oxygen atoms in total. The van der Waals surface area contributed by atoms with Gasteiger partial charge in [-0.05, 0) is 34.4 Å². The van der Waals surface area contributed by atoms with Crippen LogP contribution in [0.25, 0.3) is 10.8 Å². The molecule has 0 spiro atoms. The zero-order valence-electron chi connectivity index (χ0n) is 7.88. The van der Waals surface area contributed by atoms with Crippen molar-refractivity contribution in [2.75, 3.05) is 6.54 Å². The molecule has 1 N–H and O–H groups in total. The van der Waals surface area contributed by atoms with E-state index in [4.69, 9.17) is 0 Å². The minimum atomic E-state index is 1.01. The summed E-state index contributed by atoms with van der Waals surface area (Å²) in [5.41, 5.74) is 2.62. The zero-order valence-corrected chi connectivity index (χ0v) is 7.88. The molecule has 0 aromatic heterocycles. The quantitative estimate of drug-likeness (QED) is 0.658.